The van der Waals surface area contributed by atoms with Crippen molar-refractivity contribution in [1.82, 2.24) is 44.0 Å². The Bertz CT molecular complexity index is 3030. The van der Waals surface area contributed by atoms with E-state index in [0.717, 1.165) is 77.2 Å². The molecule has 5 aromatic heterocycles. The summed E-state index contributed by atoms with van der Waals surface area (Å²) in [5, 5.41) is 15.6. The van der Waals surface area contributed by atoms with E-state index in [4.69, 9.17) is 19.9 Å². The third-order valence-corrected chi connectivity index (χ3v) is 10.3. The van der Waals surface area contributed by atoms with E-state index in [1.165, 1.54) is 0 Å². The van der Waals surface area contributed by atoms with Crippen molar-refractivity contribution in [3.05, 3.63) is 150 Å². The second-order valence-electron chi connectivity index (χ2n) is 13.9. The van der Waals surface area contributed by atoms with Gasteiger partial charge in [-0.2, -0.15) is 5.26 Å². The maximum atomic E-state index is 11.4. The molecular weight excluding hydrogens is 693 g/mol. The van der Waals surface area contributed by atoms with E-state index in [2.05, 4.69) is 103 Å². The summed E-state index contributed by atoms with van der Waals surface area (Å²) in [5.74, 6) is 3.83. The monoisotopic (exact) mass is 724 g/mol. The zero-order valence-electron chi connectivity index (χ0n) is 31.0. The number of benzene rings is 5. The maximum absolute atomic E-state index is 11.4. The van der Waals surface area contributed by atoms with Crippen LogP contribution in [0.4, 0.5) is 0 Å². The quantitative estimate of drug-likeness (QED) is 0.172. The lowest BCUT2D eigenvalue weighted by atomic mass is 10.0. The predicted octanol–water partition coefficient (Wildman–Crippen LogP) is 9.75. The number of hydrogen-bond acceptors (Lipinski definition) is 8. The van der Waals surface area contributed by atoms with E-state index in [9.17, 15) is 5.26 Å². The van der Waals surface area contributed by atoms with Crippen molar-refractivity contribution < 1.29 is 0 Å². The van der Waals surface area contributed by atoms with Crippen LogP contribution in [0.3, 0.4) is 0 Å². The van der Waals surface area contributed by atoms with E-state index in [1.807, 2.05) is 70.3 Å². The molecular formula is C46H32N10. The first-order valence-electron chi connectivity index (χ1n) is 18.3. The molecule has 56 heavy (non-hydrogen) atoms. The Balaban J connectivity index is 1.33. The first kappa shape index (κ1) is 33.0. The fraction of sp³-hybridized carbons (Fsp3) is 0.0870. The Kier molecular flexibility index (Phi) is 7.50. The van der Waals surface area contributed by atoms with E-state index in [1.54, 1.807) is 6.20 Å². The largest absolute Gasteiger partial charge is 0.308 e. The summed E-state index contributed by atoms with van der Waals surface area (Å²) in [6, 6.07) is 40.1. The van der Waals surface area contributed by atoms with Gasteiger partial charge in [0.1, 0.15) is 34.9 Å². The fourth-order valence-electron chi connectivity index (χ4n) is 8.01. The molecule has 10 heteroatoms. The van der Waals surface area contributed by atoms with Crippen molar-refractivity contribution in [3.8, 4) is 51.3 Å². The summed E-state index contributed by atoms with van der Waals surface area (Å²) in [4.78, 5) is 32.1. The van der Waals surface area contributed by atoms with Gasteiger partial charge in [0, 0.05) is 50.6 Å². The second kappa shape index (κ2) is 12.7. The number of hydrogen-bond donors (Lipinski definition) is 0. The Morgan fingerprint density at radius 2 is 0.911 bits per heavy atom. The van der Waals surface area contributed by atoms with Gasteiger partial charge in [0.25, 0.3) is 0 Å². The lowest BCUT2D eigenvalue weighted by Gasteiger charge is -2.18. The van der Waals surface area contributed by atoms with Crippen molar-refractivity contribution in [1.29, 1.82) is 5.26 Å². The zero-order chi connectivity index (χ0) is 38.1. The van der Waals surface area contributed by atoms with Crippen molar-refractivity contribution in [2.75, 3.05) is 0 Å². The van der Waals surface area contributed by atoms with Crippen LogP contribution in [0.15, 0.2) is 122 Å². The summed E-state index contributed by atoms with van der Waals surface area (Å²) >= 11 is 0. The molecule has 0 radical (unpaired) electrons. The maximum Gasteiger partial charge on any atom is 0.163 e. The number of aryl methyl sites for hydroxylation is 4. The third-order valence-electron chi connectivity index (χ3n) is 10.3. The minimum Gasteiger partial charge on any atom is -0.308 e. The number of nitrogens with zero attached hydrogens (tertiary/aromatic N) is 10. The van der Waals surface area contributed by atoms with Crippen LogP contribution >= 0.6 is 0 Å². The predicted molar refractivity (Wildman–Crippen MR) is 220 cm³/mol. The van der Waals surface area contributed by atoms with Gasteiger partial charge < -0.3 is 9.13 Å². The Hall–Kier alpha value is -7.64. The molecule has 0 saturated carbocycles. The van der Waals surface area contributed by atoms with Gasteiger partial charge >= 0.3 is 0 Å². The molecule has 0 fully saturated rings. The second-order valence-corrected chi connectivity index (χ2v) is 13.9. The van der Waals surface area contributed by atoms with Crippen LogP contribution in [-0.4, -0.2) is 44.0 Å². The number of fused-ring (bicyclic) bond motifs is 6. The minimum atomic E-state index is 0.512. The molecule has 0 aliphatic carbocycles. The molecule has 0 aliphatic rings. The molecule has 0 saturated heterocycles. The lowest BCUT2D eigenvalue weighted by molar-refractivity contribution is 0.928. The highest BCUT2D eigenvalue weighted by atomic mass is 15.0. The molecule has 5 heterocycles. The SMILES string of the molecule is Cc1nc(C)nc(-c2ccc3c4ccccc4n(-c4cc(-c5cccnc5)cc(-n5c6ccccc6c6ccc(-c7nc(C)nc(C)n7)cc65)c4C#N)c3c2)n1. The fourth-order valence-corrected chi connectivity index (χ4v) is 8.01. The number of aromatic nitrogens is 9. The standard InChI is InChI=1S/C46H32N10/c1-26-49-27(2)52-45(51-26)30-15-17-36-34-11-5-7-13-39(34)55(41(36)20-30)43-22-33(32-10-9-19-48-25-32)23-44(38(43)24-47)56-40-14-8-6-12-35(40)37-18-16-31(21-42(37)56)46-53-28(3)50-29(4)54-46/h5-23,25H,1-4H3. The van der Waals surface area contributed by atoms with Gasteiger partial charge in [-0.3, -0.25) is 4.98 Å². The van der Waals surface area contributed by atoms with Crippen molar-refractivity contribution in [2.45, 2.75) is 27.7 Å². The molecule has 266 valence electrons. The summed E-state index contributed by atoms with van der Waals surface area (Å²) in [6.45, 7) is 7.51. The highest BCUT2D eigenvalue weighted by Gasteiger charge is 2.23. The van der Waals surface area contributed by atoms with Crippen molar-refractivity contribution >= 4 is 43.6 Å². The Morgan fingerprint density at radius 3 is 1.36 bits per heavy atom. The number of rotatable bonds is 5. The molecule has 10 aromatic rings. The molecule has 0 unspecified atom stereocenters. The zero-order valence-corrected chi connectivity index (χ0v) is 31.0. The van der Waals surface area contributed by atoms with Crippen molar-refractivity contribution in [2.24, 2.45) is 0 Å². The van der Waals surface area contributed by atoms with Crippen LogP contribution < -0.4 is 0 Å². The first-order valence-corrected chi connectivity index (χ1v) is 18.3. The topological polar surface area (TPSA) is 124 Å². The number of nitriles is 1. The molecule has 0 atom stereocenters. The minimum absolute atomic E-state index is 0.512. The van der Waals surface area contributed by atoms with Crippen LogP contribution in [0.25, 0.3) is 88.9 Å². The van der Waals surface area contributed by atoms with Gasteiger partial charge in [0.15, 0.2) is 11.6 Å². The third kappa shape index (κ3) is 5.28. The van der Waals surface area contributed by atoms with Gasteiger partial charge in [-0.05, 0) is 75.7 Å². The average Bonchev–Trinajstić information content (AvgIpc) is 3.72. The van der Waals surface area contributed by atoms with Crippen LogP contribution in [0, 0.1) is 39.0 Å². The van der Waals surface area contributed by atoms with Gasteiger partial charge in [0.05, 0.1) is 33.4 Å². The molecule has 0 bridgehead atoms. The van der Waals surface area contributed by atoms with Crippen LogP contribution in [0.1, 0.15) is 28.9 Å². The number of pyridine rings is 1. The summed E-state index contributed by atoms with van der Waals surface area (Å²) in [5.41, 5.74) is 9.34. The van der Waals surface area contributed by atoms with E-state index < -0.39 is 0 Å². The van der Waals surface area contributed by atoms with Crippen LogP contribution in [0.2, 0.25) is 0 Å². The van der Waals surface area contributed by atoms with Gasteiger partial charge in [-0.1, -0.05) is 66.7 Å². The molecule has 10 nitrogen and oxygen atoms in total. The molecule has 0 aliphatic heterocycles. The first-order chi connectivity index (χ1) is 27.3. The molecule has 10 rings (SSSR count). The van der Waals surface area contributed by atoms with Crippen molar-refractivity contribution in [3.63, 3.8) is 0 Å². The van der Waals surface area contributed by atoms with Crippen LogP contribution in [0.5, 0.6) is 0 Å². The summed E-state index contributed by atoms with van der Waals surface area (Å²) in [6.07, 6.45) is 3.63. The highest BCUT2D eigenvalue weighted by molar-refractivity contribution is 6.12. The molecule has 0 amide bonds. The van der Waals surface area contributed by atoms with E-state index in [-0.39, 0.29) is 0 Å². The molecule has 5 aromatic carbocycles. The Morgan fingerprint density at radius 1 is 0.446 bits per heavy atom. The smallest absolute Gasteiger partial charge is 0.163 e. The summed E-state index contributed by atoms with van der Waals surface area (Å²) < 4.78 is 4.40. The van der Waals surface area contributed by atoms with E-state index in [0.29, 0.717) is 40.5 Å². The molecule has 0 spiro atoms. The normalized spacial score (nSPS) is 11.6. The van der Waals surface area contributed by atoms with E-state index >= 15 is 0 Å². The molecule has 0 N–H and O–H groups in total. The average molecular weight is 725 g/mol. The van der Waals surface area contributed by atoms with Gasteiger partial charge in [0.2, 0.25) is 0 Å². The summed E-state index contributed by atoms with van der Waals surface area (Å²) in [7, 11) is 0. The lowest BCUT2D eigenvalue weighted by Crippen LogP contribution is -2.05. The Labute approximate surface area is 321 Å². The number of para-hydroxylation sites is 2. The van der Waals surface area contributed by atoms with Gasteiger partial charge in [-0.15, -0.1) is 0 Å². The highest BCUT2D eigenvalue weighted by Crippen LogP contribution is 2.41. The van der Waals surface area contributed by atoms with Gasteiger partial charge in [-0.25, -0.2) is 29.9 Å². The van der Waals surface area contributed by atoms with Crippen LogP contribution in [-0.2, 0) is 0 Å².